The summed E-state index contributed by atoms with van der Waals surface area (Å²) in [5, 5.41) is 18.6. The van der Waals surface area contributed by atoms with Gasteiger partial charge in [-0.3, -0.25) is 9.59 Å². The Bertz CT molecular complexity index is 259. The first-order chi connectivity index (χ1) is 6.92. The fourth-order valence-electron chi connectivity index (χ4n) is 1.17. The maximum Gasteiger partial charge on any atom is 0.363 e. The van der Waals surface area contributed by atoms with Crippen LogP contribution in [0.5, 0.6) is 0 Å². The van der Waals surface area contributed by atoms with Gasteiger partial charge in [-0.25, -0.2) is 0 Å². The minimum Gasteiger partial charge on any atom is -0.453 e. The van der Waals surface area contributed by atoms with Crippen LogP contribution in [0, 0.1) is 0 Å². The highest BCUT2D eigenvalue weighted by molar-refractivity contribution is 5.71. The highest BCUT2D eigenvalue weighted by atomic mass is 16.8. The number of ether oxygens (including phenoxy) is 2. The average Bonchev–Trinajstić information content (AvgIpc) is 2.10. The number of carbonyl (C=O) groups excluding carboxylic acids is 2. The predicted molar refractivity (Wildman–Crippen MR) is 47.3 cm³/mol. The highest BCUT2D eigenvalue weighted by Crippen LogP contribution is 2.17. The molecule has 0 aromatic rings. The molecule has 86 valence electrons. The summed E-state index contributed by atoms with van der Waals surface area (Å²) in [4.78, 5) is 22.2. The van der Waals surface area contributed by atoms with Crippen molar-refractivity contribution in [2.75, 3.05) is 0 Å². The molecule has 2 N–H and O–H groups in total. The minimum atomic E-state index is -2.75. The largest absolute Gasteiger partial charge is 0.453 e. The zero-order valence-electron chi connectivity index (χ0n) is 8.43. The Hall–Kier alpha value is -1.14. The van der Waals surface area contributed by atoms with E-state index in [4.69, 9.17) is 0 Å². The van der Waals surface area contributed by atoms with E-state index in [-0.39, 0.29) is 12.8 Å². The fraction of sp³-hybridized carbons (Fsp3) is 0.778. The molecule has 0 aliphatic carbocycles. The first-order valence-electron chi connectivity index (χ1n) is 4.78. The first kappa shape index (κ1) is 11.9. The molecular weight excluding hydrogens is 204 g/mol. The monoisotopic (exact) mass is 218 g/mol. The van der Waals surface area contributed by atoms with Gasteiger partial charge in [0.05, 0.1) is 0 Å². The molecule has 0 amide bonds. The van der Waals surface area contributed by atoms with Gasteiger partial charge in [-0.05, 0) is 19.8 Å². The summed E-state index contributed by atoms with van der Waals surface area (Å²) in [7, 11) is 0. The topological polar surface area (TPSA) is 93.1 Å². The van der Waals surface area contributed by atoms with E-state index in [1.54, 1.807) is 0 Å². The number of esters is 2. The smallest absolute Gasteiger partial charge is 0.363 e. The SMILES string of the molecule is CC1OC(=O)CCCCC(=O)OC1(O)O. The van der Waals surface area contributed by atoms with E-state index in [1.165, 1.54) is 6.92 Å². The van der Waals surface area contributed by atoms with Crippen molar-refractivity contribution >= 4 is 11.9 Å². The number of carbonyl (C=O) groups is 2. The van der Waals surface area contributed by atoms with Crippen molar-refractivity contribution < 1.29 is 29.3 Å². The van der Waals surface area contributed by atoms with Gasteiger partial charge in [0.2, 0.25) is 0 Å². The summed E-state index contributed by atoms with van der Waals surface area (Å²) in [6.45, 7) is 1.24. The molecule has 1 fully saturated rings. The summed E-state index contributed by atoms with van der Waals surface area (Å²) in [5.74, 6) is -4.00. The Morgan fingerprint density at radius 1 is 1.20 bits per heavy atom. The number of aliphatic hydroxyl groups is 2. The van der Waals surface area contributed by atoms with Crippen molar-refractivity contribution in [3.05, 3.63) is 0 Å². The maximum atomic E-state index is 11.1. The molecule has 0 bridgehead atoms. The van der Waals surface area contributed by atoms with Crippen LogP contribution in [0.15, 0.2) is 0 Å². The van der Waals surface area contributed by atoms with Gasteiger partial charge in [-0.2, -0.15) is 0 Å². The van der Waals surface area contributed by atoms with E-state index in [1.807, 2.05) is 0 Å². The van der Waals surface area contributed by atoms with Crippen LogP contribution in [0.25, 0.3) is 0 Å². The van der Waals surface area contributed by atoms with Crippen LogP contribution >= 0.6 is 0 Å². The second-order valence-electron chi connectivity index (χ2n) is 3.47. The van der Waals surface area contributed by atoms with E-state index in [2.05, 4.69) is 9.47 Å². The van der Waals surface area contributed by atoms with E-state index < -0.39 is 24.0 Å². The second-order valence-corrected chi connectivity index (χ2v) is 3.47. The standard InChI is InChI=1S/C9H14O6/c1-6-9(12,13)15-8(11)5-3-2-4-7(10)14-6/h6,12-13H,2-5H2,1H3. The van der Waals surface area contributed by atoms with Gasteiger partial charge in [0, 0.05) is 12.8 Å². The van der Waals surface area contributed by atoms with Gasteiger partial charge in [0.25, 0.3) is 0 Å². The fourth-order valence-corrected chi connectivity index (χ4v) is 1.17. The van der Waals surface area contributed by atoms with Crippen molar-refractivity contribution in [3.63, 3.8) is 0 Å². The van der Waals surface area contributed by atoms with E-state index in [0.717, 1.165) is 0 Å². The molecule has 1 unspecified atom stereocenters. The molecule has 0 spiro atoms. The summed E-state index contributed by atoms with van der Waals surface area (Å²) >= 11 is 0. The average molecular weight is 218 g/mol. The van der Waals surface area contributed by atoms with Crippen molar-refractivity contribution in [2.24, 2.45) is 0 Å². The van der Waals surface area contributed by atoms with E-state index in [0.29, 0.717) is 12.8 Å². The summed E-state index contributed by atoms with van der Waals surface area (Å²) in [5.41, 5.74) is 0. The lowest BCUT2D eigenvalue weighted by Crippen LogP contribution is -2.47. The van der Waals surface area contributed by atoms with Crippen LogP contribution in [-0.4, -0.2) is 34.2 Å². The third-order valence-electron chi connectivity index (χ3n) is 2.11. The summed E-state index contributed by atoms with van der Waals surface area (Å²) in [6, 6.07) is 0. The van der Waals surface area contributed by atoms with Crippen LogP contribution in [0.2, 0.25) is 0 Å². The van der Waals surface area contributed by atoms with Crippen molar-refractivity contribution in [3.8, 4) is 0 Å². The second kappa shape index (κ2) is 4.59. The molecular formula is C9H14O6. The molecule has 6 heteroatoms. The predicted octanol–water partition coefficient (Wildman–Crippen LogP) is -0.326. The lowest BCUT2D eigenvalue weighted by Gasteiger charge is -2.27. The van der Waals surface area contributed by atoms with Crippen LogP contribution in [0.4, 0.5) is 0 Å². The van der Waals surface area contributed by atoms with Gasteiger partial charge in [-0.1, -0.05) is 0 Å². The Morgan fingerprint density at radius 2 is 1.73 bits per heavy atom. The molecule has 6 nitrogen and oxygen atoms in total. The van der Waals surface area contributed by atoms with Gasteiger partial charge >= 0.3 is 17.9 Å². The molecule has 15 heavy (non-hydrogen) atoms. The molecule has 0 radical (unpaired) electrons. The minimum absolute atomic E-state index is 0.0584. The lowest BCUT2D eigenvalue weighted by atomic mass is 10.2. The highest BCUT2D eigenvalue weighted by Gasteiger charge is 2.39. The number of hydrogen-bond acceptors (Lipinski definition) is 6. The van der Waals surface area contributed by atoms with E-state index in [9.17, 15) is 19.8 Å². The maximum absolute atomic E-state index is 11.1. The van der Waals surface area contributed by atoms with Gasteiger partial charge in [-0.15, -0.1) is 0 Å². The normalized spacial score (nSPS) is 27.8. The molecule has 1 aliphatic heterocycles. The number of cyclic esters (lactones) is 2. The molecule has 0 saturated carbocycles. The first-order valence-corrected chi connectivity index (χ1v) is 4.78. The van der Waals surface area contributed by atoms with E-state index >= 15 is 0 Å². The van der Waals surface area contributed by atoms with Crippen LogP contribution < -0.4 is 0 Å². The number of hydrogen-bond donors (Lipinski definition) is 2. The van der Waals surface area contributed by atoms with Gasteiger partial charge in [0.1, 0.15) is 0 Å². The number of rotatable bonds is 0. The molecule has 1 aliphatic rings. The Labute approximate surface area is 86.8 Å². The molecule has 1 atom stereocenters. The molecule has 0 aromatic carbocycles. The third kappa shape index (κ3) is 3.49. The van der Waals surface area contributed by atoms with Gasteiger partial charge < -0.3 is 19.7 Å². The molecule has 1 rings (SSSR count). The van der Waals surface area contributed by atoms with Gasteiger partial charge in [0.15, 0.2) is 6.10 Å². The Balaban J connectivity index is 2.71. The zero-order chi connectivity index (χ0) is 11.5. The third-order valence-corrected chi connectivity index (χ3v) is 2.11. The zero-order valence-corrected chi connectivity index (χ0v) is 8.43. The van der Waals surface area contributed by atoms with Crippen molar-refractivity contribution in [2.45, 2.75) is 44.7 Å². The van der Waals surface area contributed by atoms with Crippen LogP contribution in [0.3, 0.4) is 0 Å². The molecule has 1 heterocycles. The Morgan fingerprint density at radius 3 is 2.33 bits per heavy atom. The quantitative estimate of drug-likeness (QED) is 0.427. The van der Waals surface area contributed by atoms with Crippen molar-refractivity contribution in [1.29, 1.82) is 0 Å². The van der Waals surface area contributed by atoms with Crippen molar-refractivity contribution in [1.82, 2.24) is 0 Å². The Kier molecular flexibility index (Phi) is 3.65. The summed E-state index contributed by atoms with van der Waals surface area (Å²) in [6.07, 6.45) is -0.105. The summed E-state index contributed by atoms with van der Waals surface area (Å²) < 4.78 is 9.04. The lowest BCUT2D eigenvalue weighted by molar-refractivity contribution is -0.356. The van der Waals surface area contributed by atoms with Crippen LogP contribution in [0.1, 0.15) is 32.6 Å². The molecule has 0 aromatic heterocycles. The van der Waals surface area contributed by atoms with Crippen LogP contribution in [-0.2, 0) is 19.1 Å². The molecule has 1 saturated heterocycles.